The van der Waals surface area contributed by atoms with Gasteiger partial charge in [-0.3, -0.25) is 9.69 Å². The molecule has 1 amide bonds. The lowest BCUT2D eigenvalue weighted by molar-refractivity contribution is -0.123. The van der Waals surface area contributed by atoms with E-state index in [1.54, 1.807) is 0 Å². The highest BCUT2D eigenvalue weighted by Crippen LogP contribution is 2.29. The molecule has 20 heavy (non-hydrogen) atoms. The van der Waals surface area contributed by atoms with Gasteiger partial charge in [0.25, 0.3) is 0 Å². The van der Waals surface area contributed by atoms with Crippen molar-refractivity contribution >= 4 is 5.91 Å². The standard InChI is InChI=1S/C16H29N3O/c1-13-4-8-18(9-5-13)12-16(20)17-14-6-10-19(11-7-14)15-2-3-15/h13-15H,2-12H2,1H3,(H,17,20). The third-order valence-electron chi connectivity index (χ3n) is 5.20. The van der Waals surface area contributed by atoms with Crippen LogP contribution in [0.4, 0.5) is 0 Å². The second kappa shape index (κ2) is 6.44. The third kappa shape index (κ3) is 3.95. The molecule has 0 radical (unpaired) electrons. The van der Waals surface area contributed by atoms with E-state index < -0.39 is 0 Å². The number of carbonyl (C=O) groups excluding carboxylic acids is 1. The average molecular weight is 279 g/mol. The monoisotopic (exact) mass is 279 g/mol. The van der Waals surface area contributed by atoms with Crippen molar-refractivity contribution in [2.75, 3.05) is 32.7 Å². The second-order valence-corrected chi connectivity index (χ2v) is 7.07. The molecule has 1 N–H and O–H groups in total. The van der Waals surface area contributed by atoms with Gasteiger partial charge in [0.15, 0.2) is 0 Å². The number of nitrogens with one attached hydrogen (secondary N) is 1. The van der Waals surface area contributed by atoms with Crippen LogP contribution in [0.2, 0.25) is 0 Å². The van der Waals surface area contributed by atoms with E-state index in [9.17, 15) is 4.79 Å². The molecule has 0 atom stereocenters. The van der Waals surface area contributed by atoms with Crippen molar-refractivity contribution in [3.63, 3.8) is 0 Å². The quantitative estimate of drug-likeness (QED) is 0.846. The first-order valence-corrected chi connectivity index (χ1v) is 8.46. The molecule has 0 aromatic heterocycles. The molecule has 0 aromatic carbocycles. The Kier molecular flexibility index (Phi) is 4.61. The summed E-state index contributed by atoms with van der Waals surface area (Å²) in [6.45, 7) is 7.46. The number of nitrogens with zero attached hydrogens (tertiary/aromatic N) is 2. The zero-order valence-corrected chi connectivity index (χ0v) is 12.8. The minimum absolute atomic E-state index is 0.240. The van der Waals surface area contributed by atoms with Gasteiger partial charge in [-0.05, 0) is 57.5 Å². The van der Waals surface area contributed by atoms with Gasteiger partial charge in [-0.2, -0.15) is 0 Å². The predicted octanol–water partition coefficient (Wildman–Crippen LogP) is 1.46. The summed E-state index contributed by atoms with van der Waals surface area (Å²) in [6.07, 6.45) is 7.55. The molecule has 2 aliphatic heterocycles. The summed E-state index contributed by atoms with van der Waals surface area (Å²) < 4.78 is 0. The van der Waals surface area contributed by atoms with E-state index in [1.165, 1.54) is 38.8 Å². The summed E-state index contributed by atoms with van der Waals surface area (Å²) in [7, 11) is 0. The van der Waals surface area contributed by atoms with Gasteiger partial charge in [0, 0.05) is 25.2 Å². The zero-order valence-electron chi connectivity index (χ0n) is 12.8. The molecule has 4 heteroatoms. The van der Waals surface area contributed by atoms with E-state index in [2.05, 4.69) is 22.0 Å². The summed E-state index contributed by atoms with van der Waals surface area (Å²) in [5.74, 6) is 1.07. The molecule has 114 valence electrons. The van der Waals surface area contributed by atoms with E-state index in [0.717, 1.165) is 37.9 Å². The molecule has 1 saturated carbocycles. The van der Waals surface area contributed by atoms with Crippen LogP contribution in [-0.4, -0.2) is 60.5 Å². The number of rotatable bonds is 4. The maximum atomic E-state index is 12.1. The lowest BCUT2D eigenvalue weighted by atomic mass is 9.99. The Hall–Kier alpha value is -0.610. The van der Waals surface area contributed by atoms with Crippen molar-refractivity contribution in [2.45, 2.75) is 57.5 Å². The van der Waals surface area contributed by atoms with Crippen LogP contribution in [0.3, 0.4) is 0 Å². The van der Waals surface area contributed by atoms with Crippen LogP contribution in [0.15, 0.2) is 0 Å². The van der Waals surface area contributed by atoms with Gasteiger partial charge in [-0.1, -0.05) is 6.92 Å². The fourth-order valence-electron chi connectivity index (χ4n) is 3.55. The maximum Gasteiger partial charge on any atom is 0.234 e. The third-order valence-corrected chi connectivity index (χ3v) is 5.20. The van der Waals surface area contributed by atoms with E-state index in [0.29, 0.717) is 12.6 Å². The van der Waals surface area contributed by atoms with Crippen molar-refractivity contribution in [3.8, 4) is 0 Å². The lowest BCUT2D eigenvalue weighted by Gasteiger charge is -2.33. The van der Waals surface area contributed by atoms with Crippen molar-refractivity contribution in [3.05, 3.63) is 0 Å². The van der Waals surface area contributed by atoms with E-state index in [4.69, 9.17) is 0 Å². The van der Waals surface area contributed by atoms with Gasteiger partial charge in [0.05, 0.1) is 6.54 Å². The number of likely N-dealkylation sites (tertiary alicyclic amines) is 2. The number of hydrogen-bond acceptors (Lipinski definition) is 3. The Morgan fingerprint density at radius 1 is 1.00 bits per heavy atom. The number of amides is 1. The number of hydrogen-bond donors (Lipinski definition) is 1. The van der Waals surface area contributed by atoms with E-state index in [1.807, 2.05) is 0 Å². The zero-order chi connectivity index (χ0) is 13.9. The molecule has 0 spiro atoms. The van der Waals surface area contributed by atoms with Crippen LogP contribution in [0, 0.1) is 5.92 Å². The summed E-state index contributed by atoms with van der Waals surface area (Å²) in [4.78, 5) is 17.0. The Morgan fingerprint density at radius 3 is 2.25 bits per heavy atom. The Balaban J connectivity index is 1.34. The summed E-state index contributed by atoms with van der Waals surface area (Å²) in [5.41, 5.74) is 0. The minimum atomic E-state index is 0.240. The molecular weight excluding hydrogens is 250 g/mol. The SMILES string of the molecule is CC1CCN(CC(=O)NC2CCN(C3CC3)CC2)CC1. The van der Waals surface area contributed by atoms with Gasteiger partial charge in [0.1, 0.15) is 0 Å². The fraction of sp³-hybridized carbons (Fsp3) is 0.938. The number of carbonyl (C=O) groups is 1. The smallest absolute Gasteiger partial charge is 0.234 e. The normalized spacial score (nSPS) is 27.6. The van der Waals surface area contributed by atoms with Gasteiger partial charge in [0.2, 0.25) is 5.91 Å². The van der Waals surface area contributed by atoms with E-state index >= 15 is 0 Å². The van der Waals surface area contributed by atoms with Crippen LogP contribution in [0.25, 0.3) is 0 Å². The maximum absolute atomic E-state index is 12.1. The molecular formula is C16H29N3O. The van der Waals surface area contributed by atoms with Gasteiger partial charge in [-0.25, -0.2) is 0 Å². The van der Waals surface area contributed by atoms with Crippen molar-refractivity contribution < 1.29 is 4.79 Å². The molecule has 3 rings (SSSR count). The van der Waals surface area contributed by atoms with Crippen LogP contribution >= 0.6 is 0 Å². The van der Waals surface area contributed by atoms with Crippen molar-refractivity contribution in [1.82, 2.24) is 15.1 Å². The number of piperidine rings is 2. The molecule has 4 nitrogen and oxygen atoms in total. The minimum Gasteiger partial charge on any atom is -0.352 e. The van der Waals surface area contributed by atoms with Crippen molar-refractivity contribution in [1.29, 1.82) is 0 Å². The average Bonchev–Trinajstić information content (AvgIpc) is 3.27. The summed E-state index contributed by atoms with van der Waals surface area (Å²) >= 11 is 0. The summed E-state index contributed by atoms with van der Waals surface area (Å²) in [6, 6.07) is 1.29. The highest BCUT2D eigenvalue weighted by molar-refractivity contribution is 5.78. The van der Waals surface area contributed by atoms with Gasteiger partial charge in [-0.15, -0.1) is 0 Å². The highest BCUT2D eigenvalue weighted by Gasteiger charge is 2.32. The topological polar surface area (TPSA) is 35.6 Å². The first kappa shape index (κ1) is 14.3. The Labute approximate surface area is 122 Å². The van der Waals surface area contributed by atoms with Crippen LogP contribution in [0.5, 0.6) is 0 Å². The summed E-state index contributed by atoms with van der Waals surface area (Å²) in [5, 5.41) is 3.25. The first-order valence-electron chi connectivity index (χ1n) is 8.46. The van der Waals surface area contributed by atoms with Gasteiger partial charge >= 0.3 is 0 Å². The van der Waals surface area contributed by atoms with Crippen LogP contribution in [-0.2, 0) is 4.79 Å². The van der Waals surface area contributed by atoms with Crippen molar-refractivity contribution in [2.24, 2.45) is 5.92 Å². The second-order valence-electron chi connectivity index (χ2n) is 7.07. The molecule has 1 aliphatic carbocycles. The molecule has 3 aliphatic rings. The highest BCUT2D eigenvalue weighted by atomic mass is 16.2. The fourth-order valence-corrected chi connectivity index (χ4v) is 3.55. The molecule has 3 fully saturated rings. The molecule has 0 bridgehead atoms. The van der Waals surface area contributed by atoms with E-state index in [-0.39, 0.29) is 5.91 Å². The van der Waals surface area contributed by atoms with Crippen LogP contribution in [0.1, 0.15) is 45.4 Å². The first-order chi connectivity index (χ1) is 9.70. The Bertz CT molecular complexity index is 327. The van der Waals surface area contributed by atoms with Crippen LogP contribution < -0.4 is 5.32 Å². The Morgan fingerprint density at radius 2 is 1.65 bits per heavy atom. The molecule has 0 aromatic rings. The molecule has 2 heterocycles. The van der Waals surface area contributed by atoms with Gasteiger partial charge < -0.3 is 10.2 Å². The predicted molar refractivity (Wildman–Crippen MR) is 80.6 cm³/mol. The largest absolute Gasteiger partial charge is 0.352 e. The molecule has 0 unspecified atom stereocenters. The molecule has 2 saturated heterocycles. The lowest BCUT2D eigenvalue weighted by Crippen LogP contribution is -2.48.